The molecule has 0 radical (unpaired) electrons. The van der Waals surface area contributed by atoms with Gasteiger partial charge in [0.05, 0.1) is 5.60 Å². The molecule has 0 aromatic rings. The van der Waals surface area contributed by atoms with Crippen molar-refractivity contribution in [2.24, 2.45) is 11.8 Å². The second-order valence-electron chi connectivity index (χ2n) is 6.05. The summed E-state index contributed by atoms with van der Waals surface area (Å²) in [5, 5.41) is 3.64. The van der Waals surface area contributed by atoms with Gasteiger partial charge >= 0.3 is 0 Å². The summed E-state index contributed by atoms with van der Waals surface area (Å²) in [4.78, 5) is 0. The van der Waals surface area contributed by atoms with Crippen LogP contribution in [0.25, 0.3) is 0 Å². The van der Waals surface area contributed by atoms with Crippen molar-refractivity contribution in [2.75, 3.05) is 19.7 Å². The molecule has 1 aliphatic carbocycles. The minimum atomic E-state index is 0.123. The largest absolute Gasteiger partial charge is 0.374 e. The highest BCUT2D eigenvalue weighted by atomic mass is 16.5. The third-order valence-corrected chi connectivity index (χ3v) is 4.50. The molecule has 1 aliphatic heterocycles. The van der Waals surface area contributed by atoms with Crippen molar-refractivity contribution in [3.05, 3.63) is 0 Å². The lowest BCUT2D eigenvalue weighted by molar-refractivity contribution is 0.0194. The van der Waals surface area contributed by atoms with E-state index < -0.39 is 0 Å². The van der Waals surface area contributed by atoms with Gasteiger partial charge in [-0.2, -0.15) is 0 Å². The molecule has 16 heavy (non-hydrogen) atoms. The van der Waals surface area contributed by atoms with Crippen LogP contribution in [0.15, 0.2) is 0 Å². The molecule has 3 unspecified atom stereocenters. The first-order valence-corrected chi connectivity index (χ1v) is 7.04. The zero-order valence-electron chi connectivity index (χ0n) is 10.9. The molecular weight excluding hydrogens is 198 g/mol. The summed E-state index contributed by atoms with van der Waals surface area (Å²) < 4.78 is 5.79. The van der Waals surface area contributed by atoms with E-state index in [2.05, 4.69) is 19.2 Å². The Balaban J connectivity index is 1.66. The molecular formula is C14H27NO. The van der Waals surface area contributed by atoms with Crippen LogP contribution in [0.4, 0.5) is 0 Å². The van der Waals surface area contributed by atoms with Gasteiger partial charge in [0, 0.05) is 13.2 Å². The first kappa shape index (κ1) is 12.4. The van der Waals surface area contributed by atoms with Crippen LogP contribution in [0, 0.1) is 11.8 Å². The van der Waals surface area contributed by atoms with Crippen molar-refractivity contribution in [1.29, 1.82) is 0 Å². The monoisotopic (exact) mass is 225 g/mol. The van der Waals surface area contributed by atoms with Crippen LogP contribution in [-0.4, -0.2) is 25.3 Å². The van der Waals surface area contributed by atoms with Gasteiger partial charge in [0.1, 0.15) is 0 Å². The molecule has 2 nitrogen and oxygen atoms in total. The van der Waals surface area contributed by atoms with Crippen LogP contribution in [-0.2, 0) is 4.74 Å². The average Bonchev–Trinajstić information content (AvgIpc) is 2.68. The minimum absolute atomic E-state index is 0.123. The SMILES string of the molecule is CC1CCCCC1CNCC1(C)CCCO1. The summed E-state index contributed by atoms with van der Waals surface area (Å²) in [6.07, 6.45) is 8.19. The second kappa shape index (κ2) is 5.50. The highest BCUT2D eigenvalue weighted by Gasteiger charge is 2.29. The molecule has 0 spiro atoms. The van der Waals surface area contributed by atoms with Gasteiger partial charge in [0.25, 0.3) is 0 Å². The summed E-state index contributed by atoms with van der Waals surface area (Å²) in [5.41, 5.74) is 0.123. The van der Waals surface area contributed by atoms with Crippen molar-refractivity contribution in [3.8, 4) is 0 Å². The van der Waals surface area contributed by atoms with Crippen LogP contribution >= 0.6 is 0 Å². The highest BCUT2D eigenvalue weighted by molar-refractivity contribution is 4.83. The van der Waals surface area contributed by atoms with Gasteiger partial charge in [-0.05, 0) is 44.6 Å². The number of hydrogen-bond acceptors (Lipinski definition) is 2. The molecule has 1 saturated carbocycles. The van der Waals surface area contributed by atoms with E-state index in [9.17, 15) is 0 Å². The van der Waals surface area contributed by atoms with E-state index in [1.54, 1.807) is 0 Å². The van der Waals surface area contributed by atoms with Gasteiger partial charge < -0.3 is 10.1 Å². The molecule has 1 saturated heterocycles. The van der Waals surface area contributed by atoms with Crippen LogP contribution in [0.5, 0.6) is 0 Å². The van der Waals surface area contributed by atoms with Crippen LogP contribution in [0.2, 0.25) is 0 Å². The summed E-state index contributed by atoms with van der Waals surface area (Å²) in [6, 6.07) is 0. The number of ether oxygens (including phenoxy) is 1. The number of hydrogen-bond donors (Lipinski definition) is 1. The lowest BCUT2D eigenvalue weighted by atomic mass is 9.80. The molecule has 94 valence electrons. The Morgan fingerprint density at radius 1 is 1.25 bits per heavy atom. The quantitative estimate of drug-likeness (QED) is 0.794. The van der Waals surface area contributed by atoms with Gasteiger partial charge in [0.15, 0.2) is 0 Å². The van der Waals surface area contributed by atoms with Crippen LogP contribution < -0.4 is 5.32 Å². The van der Waals surface area contributed by atoms with Gasteiger partial charge in [-0.15, -0.1) is 0 Å². The van der Waals surface area contributed by atoms with E-state index in [1.807, 2.05) is 0 Å². The second-order valence-corrected chi connectivity index (χ2v) is 6.05. The molecule has 3 atom stereocenters. The lowest BCUT2D eigenvalue weighted by Gasteiger charge is -2.31. The van der Waals surface area contributed by atoms with Gasteiger partial charge in [-0.1, -0.05) is 26.2 Å². The molecule has 2 rings (SSSR count). The summed E-state index contributed by atoms with van der Waals surface area (Å²) >= 11 is 0. The summed E-state index contributed by atoms with van der Waals surface area (Å²) in [6.45, 7) is 7.85. The first-order valence-electron chi connectivity index (χ1n) is 7.04. The molecule has 0 aromatic heterocycles. The van der Waals surface area contributed by atoms with Crippen molar-refractivity contribution in [2.45, 2.75) is 58.0 Å². The van der Waals surface area contributed by atoms with Crippen molar-refractivity contribution >= 4 is 0 Å². The zero-order chi connectivity index (χ0) is 11.4. The molecule has 2 heteroatoms. The van der Waals surface area contributed by atoms with E-state index in [1.165, 1.54) is 45.1 Å². The Morgan fingerprint density at radius 2 is 2.06 bits per heavy atom. The van der Waals surface area contributed by atoms with E-state index >= 15 is 0 Å². The molecule has 0 aromatic carbocycles. The first-order chi connectivity index (χ1) is 7.70. The lowest BCUT2D eigenvalue weighted by Crippen LogP contribution is -2.40. The molecule has 1 N–H and O–H groups in total. The minimum Gasteiger partial charge on any atom is -0.374 e. The maximum absolute atomic E-state index is 5.79. The van der Waals surface area contributed by atoms with Crippen molar-refractivity contribution in [1.82, 2.24) is 5.32 Å². The Morgan fingerprint density at radius 3 is 2.75 bits per heavy atom. The predicted octanol–water partition coefficient (Wildman–Crippen LogP) is 2.97. The molecule has 0 bridgehead atoms. The summed E-state index contributed by atoms with van der Waals surface area (Å²) in [5.74, 6) is 1.82. The standard InChI is InChI=1S/C14H27NO/c1-12-6-3-4-7-13(12)10-15-11-14(2)8-5-9-16-14/h12-13,15H,3-11H2,1-2H3. The van der Waals surface area contributed by atoms with Crippen molar-refractivity contribution < 1.29 is 4.74 Å². The Bertz CT molecular complexity index is 211. The molecule has 2 fully saturated rings. The van der Waals surface area contributed by atoms with E-state index in [0.29, 0.717) is 0 Å². The fourth-order valence-corrected chi connectivity index (χ4v) is 3.19. The fraction of sp³-hybridized carbons (Fsp3) is 1.00. The van der Waals surface area contributed by atoms with E-state index in [0.717, 1.165) is 25.0 Å². The van der Waals surface area contributed by atoms with Gasteiger partial charge in [0.2, 0.25) is 0 Å². The smallest absolute Gasteiger partial charge is 0.0779 e. The maximum atomic E-state index is 5.79. The van der Waals surface area contributed by atoms with E-state index in [4.69, 9.17) is 4.74 Å². The van der Waals surface area contributed by atoms with Crippen LogP contribution in [0.3, 0.4) is 0 Å². The van der Waals surface area contributed by atoms with Crippen LogP contribution in [0.1, 0.15) is 52.4 Å². The fourth-order valence-electron chi connectivity index (χ4n) is 3.19. The number of nitrogens with one attached hydrogen (secondary N) is 1. The van der Waals surface area contributed by atoms with Gasteiger partial charge in [-0.25, -0.2) is 0 Å². The van der Waals surface area contributed by atoms with Gasteiger partial charge in [-0.3, -0.25) is 0 Å². The Hall–Kier alpha value is -0.0800. The summed E-state index contributed by atoms with van der Waals surface area (Å²) in [7, 11) is 0. The highest BCUT2D eigenvalue weighted by Crippen LogP contribution is 2.29. The third kappa shape index (κ3) is 3.21. The average molecular weight is 225 g/mol. The predicted molar refractivity (Wildman–Crippen MR) is 67.6 cm³/mol. The van der Waals surface area contributed by atoms with E-state index in [-0.39, 0.29) is 5.60 Å². The molecule has 1 heterocycles. The molecule has 0 amide bonds. The Kier molecular flexibility index (Phi) is 4.26. The normalized spacial score (nSPS) is 40.1. The maximum Gasteiger partial charge on any atom is 0.0779 e. The zero-order valence-corrected chi connectivity index (χ0v) is 10.9. The topological polar surface area (TPSA) is 21.3 Å². The number of rotatable bonds is 4. The van der Waals surface area contributed by atoms with Crippen molar-refractivity contribution in [3.63, 3.8) is 0 Å². The molecule has 2 aliphatic rings. The third-order valence-electron chi connectivity index (χ3n) is 4.50. The Labute approximate surface area is 100 Å².